The zero-order valence-corrected chi connectivity index (χ0v) is 16.8. The number of benzene rings is 1. The lowest BCUT2D eigenvalue weighted by Gasteiger charge is -2.41. The zero-order valence-electron chi connectivity index (χ0n) is 14.7. The summed E-state index contributed by atoms with van der Waals surface area (Å²) in [7, 11) is 1.82. The SMILES string of the molecule is CC(=O)OC1C=C(C)C2(C=C1C)C(c1ccccc1)=C(I)C(=O)N2C. The van der Waals surface area contributed by atoms with Crippen molar-refractivity contribution in [3.63, 3.8) is 0 Å². The Kier molecular flexibility index (Phi) is 4.62. The quantitative estimate of drug-likeness (QED) is 0.391. The van der Waals surface area contributed by atoms with E-state index in [1.807, 2.05) is 57.3 Å². The molecule has 1 aliphatic heterocycles. The van der Waals surface area contributed by atoms with Crippen molar-refractivity contribution >= 4 is 40.0 Å². The van der Waals surface area contributed by atoms with Gasteiger partial charge in [0.1, 0.15) is 11.6 Å². The molecule has 1 aromatic rings. The van der Waals surface area contributed by atoms with E-state index in [1.165, 1.54) is 6.92 Å². The second kappa shape index (κ2) is 6.44. The Hall–Kier alpha value is -1.89. The highest BCUT2D eigenvalue weighted by Crippen LogP contribution is 2.50. The van der Waals surface area contributed by atoms with Crippen molar-refractivity contribution in [2.24, 2.45) is 0 Å². The Morgan fingerprint density at radius 2 is 1.88 bits per heavy atom. The van der Waals surface area contributed by atoms with Crippen LogP contribution in [0.2, 0.25) is 0 Å². The number of hydrogen-bond donors (Lipinski definition) is 0. The summed E-state index contributed by atoms with van der Waals surface area (Å²) in [6, 6.07) is 9.96. The van der Waals surface area contributed by atoms with Gasteiger partial charge in [-0.05, 0) is 65.3 Å². The van der Waals surface area contributed by atoms with Crippen LogP contribution in [0, 0.1) is 0 Å². The van der Waals surface area contributed by atoms with Gasteiger partial charge < -0.3 is 9.64 Å². The number of nitrogens with zero attached hydrogens (tertiary/aromatic N) is 1. The fourth-order valence-corrected chi connectivity index (χ4v) is 4.73. The molecule has 2 atom stereocenters. The summed E-state index contributed by atoms with van der Waals surface area (Å²) < 4.78 is 6.12. The third kappa shape index (κ3) is 2.74. The molecule has 0 N–H and O–H groups in total. The topological polar surface area (TPSA) is 46.6 Å². The summed E-state index contributed by atoms with van der Waals surface area (Å²) in [5.41, 5.74) is 3.25. The van der Waals surface area contributed by atoms with E-state index < -0.39 is 5.54 Å². The van der Waals surface area contributed by atoms with Crippen LogP contribution in [0.1, 0.15) is 26.3 Å². The minimum atomic E-state index is -0.643. The maximum Gasteiger partial charge on any atom is 0.303 e. The molecular formula is C20H20INO3. The molecule has 1 heterocycles. The third-order valence-corrected chi connectivity index (χ3v) is 5.87. The van der Waals surface area contributed by atoms with Crippen LogP contribution >= 0.6 is 22.6 Å². The monoisotopic (exact) mass is 449 g/mol. The van der Waals surface area contributed by atoms with Gasteiger partial charge in [-0.25, -0.2) is 0 Å². The third-order valence-electron chi connectivity index (χ3n) is 4.87. The number of ether oxygens (including phenoxy) is 1. The molecule has 2 unspecified atom stereocenters. The summed E-state index contributed by atoms with van der Waals surface area (Å²) >= 11 is 2.14. The maximum atomic E-state index is 12.8. The van der Waals surface area contributed by atoms with Gasteiger partial charge in [0.25, 0.3) is 5.91 Å². The molecule has 0 fully saturated rings. The van der Waals surface area contributed by atoms with Gasteiger partial charge in [0.15, 0.2) is 0 Å². The number of likely N-dealkylation sites (N-methyl/N-ethyl adjacent to an activating group) is 1. The van der Waals surface area contributed by atoms with Gasteiger partial charge in [0.05, 0.1) is 3.58 Å². The van der Waals surface area contributed by atoms with E-state index in [1.54, 1.807) is 4.90 Å². The highest BCUT2D eigenvalue weighted by molar-refractivity contribution is 14.1. The van der Waals surface area contributed by atoms with Crippen LogP contribution in [-0.2, 0) is 14.3 Å². The standard InChI is InChI=1S/C20H20INO3/c1-12-11-20(13(2)10-16(12)25-14(3)23)17(15-8-6-5-7-9-15)18(21)19(24)22(20)4/h5-11,16H,1-4H3. The Morgan fingerprint density at radius 1 is 1.24 bits per heavy atom. The molecule has 3 rings (SSSR count). The number of rotatable bonds is 2. The summed E-state index contributed by atoms with van der Waals surface area (Å²) in [5.74, 6) is -0.316. The second-order valence-electron chi connectivity index (χ2n) is 6.45. The lowest BCUT2D eigenvalue weighted by Crippen LogP contribution is -2.47. The molecular weight excluding hydrogens is 429 g/mol. The van der Waals surface area contributed by atoms with Gasteiger partial charge in [-0.1, -0.05) is 30.3 Å². The second-order valence-corrected chi connectivity index (χ2v) is 7.53. The van der Waals surface area contributed by atoms with Crippen LogP contribution in [0.4, 0.5) is 0 Å². The van der Waals surface area contributed by atoms with Crippen LogP contribution in [0.15, 0.2) is 57.2 Å². The summed E-state index contributed by atoms with van der Waals surface area (Å²) in [6.45, 7) is 5.33. The fourth-order valence-electron chi connectivity index (χ4n) is 3.65. The van der Waals surface area contributed by atoms with E-state index in [9.17, 15) is 9.59 Å². The van der Waals surface area contributed by atoms with E-state index in [0.29, 0.717) is 3.58 Å². The number of halogens is 1. The van der Waals surface area contributed by atoms with E-state index >= 15 is 0 Å². The van der Waals surface area contributed by atoms with Crippen molar-refractivity contribution in [1.29, 1.82) is 0 Å². The Balaban J connectivity index is 2.20. The highest BCUT2D eigenvalue weighted by Gasteiger charge is 2.51. The fraction of sp³-hybridized carbons (Fsp3) is 0.300. The molecule has 4 nitrogen and oxygen atoms in total. The summed E-state index contributed by atoms with van der Waals surface area (Å²) in [5, 5.41) is 0. The van der Waals surface area contributed by atoms with Crippen molar-refractivity contribution in [2.75, 3.05) is 7.05 Å². The first-order valence-corrected chi connectivity index (χ1v) is 9.16. The van der Waals surface area contributed by atoms with Crippen molar-refractivity contribution < 1.29 is 14.3 Å². The predicted octanol–water partition coefficient (Wildman–Crippen LogP) is 3.88. The molecule has 1 spiro atoms. The Labute approximate surface area is 161 Å². The van der Waals surface area contributed by atoms with Crippen LogP contribution < -0.4 is 0 Å². The number of amides is 1. The van der Waals surface area contributed by atoms with Crippen LogP contribution in [0.3, 0.4) is 0 Å². The van der Waals surface area contributed by atoms with Gasteiger partial charge in [-0.2, -0.15) is 0 Å². The molecule has 1 aromatic carbocycles. The van der Waals surface area contributed by atoms with E-state index in [2.05, 4.69) is 28.7 Å². The molecule has 25 heavy (non-hydrogen) atoms. The molecule has 1 aliphatic carbocycles. The minimum Gasteiger partial charge on any atom is -0.454 e. The average molecular weight is 449 g/mol. The van der Waals surface area contributed by atoms with E-state index in [4.69, 9.17) is 4.74 Å². The van der Waals surface area contributed by atoms with Gasteiger partial charge in [0.2, 0.25) is 0 Å². The minimum absolute atomic E-state index is 0.00203. The number of hydrogen-bond acceptors (Lipinski definition) is 3. The Bertz CT molecular complexity index is 838. The first-order chi connectivity index (χ1) is 11.8. The maximum absolute atomic E-state index is 12.8. The first kappa shape index (κ1) is 17.9. The number of carbonyl (C=O) groups is 2. The highest BCUT2D eigenvalue weighted by atomic mass is 127. The molecule has 2 aliphatic rings. The smallest absolute Gasteiger partial charge is 0.303 e. The lowest BCUT2D eigenvalue weighted by atomic mass is 9.75. The largest absolute Gasteiger partial charge is 0.454 e. The van der Waals surface area contributed by atoms with Crippen molar-refractivity contribution in [3.05, 3.63) is 62.8 Å². The van der Waals surface area contributed by atoms with Crippen LogP contribution in [0.5, 0.6) is 0 Å². The van der Waals surface area contributed by atoms with Gasteiger partial charge in [0, 0.05) is 19.5 Å². The molecule has 1 amide bonds. The zero-order chi connectivity index (χ0) is 18.4. The number of esters is 1. The van der Waals surface area contributed by atoms with Crippen molar-refractivity contribution in [3.8, 4) is 0 Å². The van der Waals surface area contributed by atoms with Crippen LogP contribution in [-0.4, -0.2) is 35.5 Å². The van der Waals surface area contributed by atoms with E-state index in [-0.39, 0.29) is 18.0 Å². The van der Waals surface area contributed by atoms with Crippen LogP contribution in [0.25, 0.3) is 5.57 Å². The van der Waals surface area contributed by atoms with Gasteiger partial charge >= 0.3 is 5.97 Å². The molecule has 0 aromatic heterocycles. The molecule has 130 valence electrons. The lowest BCUT2D eigenvalue weighted by molar-refractivity contribution is -0.143. The summed E-state index contributed by atoms with van der Waals surface area (Å²) in [6.07, 6.45) is 3.61. The van der Waals surface area contributed by atoms with Crippen molar-refractivity contribution in [1.82, 2.24) is 4.90 Å². The Morgan fingerprint density at radius 3 is 2.48 bits per heavy atom. The molecule has 0 bridgehead atoms. The summed E-state index contributed by atoms with van der Waals surface area (Å²) in [4.78, 5) is 25.9. The first-order valence-electron chi connectivity index (χ1n) is 8.08. The van der Waals surface area contributed by atoms with Crippen molar-refractivity contribution in [2.45, 2.75) is 32.4 Å². The normalized spacial score (nSPS) is 26.0. The van der Waals surface area contributed by atoms with Gasteiger partial charge in [-0.15, -0.1) is 0 Å². The molecule has 5 heteroatoms. The molecule has 0 saturated heterocycles. The van der Waals surface area contributed by atoms with E-state index in [0.717, 1.165) is 22.3 Å². The predicted molar refractivity (Wildman–Crippen MR) is 106 cm³/mol. The van der Waals surface area contributed by atoms with Gasteiger partial charge in [-0.3, -0.25) is 9.59 Å². The average Bonchev–Trinajstić information content (AvgIpc) is 2.75. The number of carbonyl (C=O) groups excluding carboxylic acids is 2. The molecule has 0 radical (unpaired) electrons. The molecule has 0 saturated carbocycles.